The standard InChI is InChI=1S/C21H21ClF3NO3/c1-29-18-5-3-2-4-15(18)19(26-10-8-13(9-11-26)20(27)28)14-6-7-17(22)16(12-14)21(23,24)25/h2-7,12-13,19H,8-11H2,1H3,(H,27,28). The van der Waals surface area contributed by atoms with Gasteiger partial charge in [-0.2, -0.15) is 13.2 Å². The Hall–Kier alpha value is -2.25. The summed E-state index contributed by atoms with van der Waals surface area (Å²) in [7, 11) is 1.51. The molecule has 3 rings (SSSR count). The molecule has 0 bridgehead atoms. The van der Waals surface area contributed by atoms with E-state index in [1.807, 2.05) is 11.0 Å². The van der Waals surface area contributed by atoms with Gasteiger partial charge in [-0.25, -0.2) is 0 Å². The number of para-hydroxylation sites is 1. The monoisotopic (exact) mass is 427 g/mol. The van der Waals surface area contributed by atoms with Crippen molar-refractivity contribution in [3.05, 3.63) is 64.2 Å². The molecule has 8 heteroatoms. The van der Waals surface area contributed by atoms with E-state index in [-0.39, 0.29) is 5.02 Å². The lowest BCUT2D eigenvalue weighted by atomic mass is 9.90. The van der Waals surface area contributed by atoms with Crippen LogP contribution in [0.3, 0.4) is 0 Å². The van der Waals surface area contributed by atoms with Crippen molar-refractivity contribution in [1.82, 2.24) is 4.90 Å². The highest BCUT2D eigenvalue weighted by atomic mass is 35.5. The van der Waals surface area contributed by atoms with E-state index in [1.54, 1.807) is 24.3 Å². The van der Waals surface area contributed by atoms with Crippen molar-refractivity contribution in [3.8, 4) is 5.75 Å². The molecule has 1 N–H and O–H groups in total. The number of piperidine rings is 1. The summed E-state index contributed by atoms with van der Waals surface area (Å²) in [5.74, 6) is -0.730. The lowest BCUT2D eigenvalue weighted by Crippen LogP contribution is -2.39. The van der Waals surface area contributed by atoms with Crippen molar-refractivity contribution in [3.63, 3.8) is 0 Å². The van der Waals surface area contributed by atoms with Crippen molar-refractivity contribution < 1.29 is 27.8 Å². The Kier molecular flexibility index (Phi) is 6.39. The molecule has 2 aromatic carbocycles. The van der Waals surface area contributed by atoms with Gasteiger partial charge in [-0.1, -0.05) is 35.9 Å². The van der Waals surface area contributed by atoms with Crippen molar-refractivity contribution in [2.45, 2.75) is 25.1 Å². The van der Waals surface area contributed by atoms with Gasteiger partial charge in [0.05, 0.1) is 29.7 Å². The number of likely N-dealkylation sites (tertiary alicyclic amines) is 1. The molecule has 156 valence electrons. The van der Waals surface area contributed by atoms with Crippen LogP contribution in [0, 0.1) is 5.92 Å². The Balaban J connectivity index is 2.06. The Morgan fingerprint density at radius 1 is 1.21 bits per heavy atom. The summed E-state index contributed by atoms with van der Waals surface area (Å²) in [5.41, 5.74) is 0.260. The fourth-order valence-electron chi connectivity index (χ4n) is 3.81. The van der Waals surface area contributed by atoms with Gasteiger partial charge in [0.1, 0.15) is 5.75 Å². The lowest BCUT2D eigenvalue weighted by molar-refractivity contribution is -0.143. The number of rotatable bonds is 5. The summed E-state index contributed by atoms with van der Waals surface area (Å²) in [6, 6.07) is 10.6. The molecule has 1 aliphatic heterocycles. The Morgan fingerprint density at radius 2 is 1.86 bits per heavy atom. The van der Waals surface area contributed by atoms with Crippen LogP contribution in [0.25, 0.3) is 0 Å². The normalized spacial score (nSPS) is 17.1. The Morgan fingerprint density at radius 3 is 2.45 bits per heavy atom. The van der Waals surface area contributed by atoms with E-state index in [9.17, 15) is 23.1 Å². The molecular formula is C21H21ClF3NO3. The van der Waals surface area contributed by atoms with Crippen LogP contribution in [0.15, 0.2) is 42.5 Å². The van der Waals surface area contributed by atoms with E-state index in [0.717, 1.165) is 11.6 Å². The van der Waals surface area contributed by atoms with Gasteiger partial charge in [0, 0.05) is 5.56 Å². The summed E-state index contributed by atoms with van der Waals surface area (Å²) < 4.78 is 45.8. The topological polar surface area (TPSA) is 49.8 Å². The van der Waals surface area contributed by atoms with Crippen LogP contribution < -0.4 is 4.74 Å². The van der Waals surface area contributed by atoms with Gasteiger partial charge in [0.15, 0.2) is 0 Å². The maximum Gasteiger partial charge on any atom is 0.417 e. The molecule has 2 aromatic rings. The molecule has 0 saturated carbocycles. The quantitative estimate of drug-likeness (QED) is 0.707. The van der Waals surface area contributed by atoms with Crippen LogP contribution in [0.2, 0.25) is 5.02 Å². The summed E-state index contributed by atoms with van der Waals surface area (Å²) in [5, 5.41) is 8.90. The molecule has 0 aromatic heterocycles. The maximum absolute atomic E-state index is 13.4. The Bertz CT molecular complexity index is 880. The second-order valence-corrected chi connectivity index (χ2v) is 7.44. The second kappa shape index (κ2) is 8.63. The second-order valence-electron chi connectivity index (χ2n) is 7.03. The van der Waals surface area contributed by atoms with E-state index in [4.69, 9.17) is 16.3 Å². The van der Waals surface area contributed by atoms with E-state index in [1.165, 1.54) is 13.2 Å². The van der Waals surface area contributed by atoms with Crippen LogP contribution in [-0.4, -0.2) is 36.2 Å². The number of halogens is 4. The first-order chi connectivity index (χ1) is 13.7. The first-order valence-electron chi connectivity index (χ1n) is 9.18. The zero-order chi connectivity index (χ0) is 21.2. The third-order valence-corrected chi connectivity index (χ3v) is 5.62. The third kappa shape index (κ3) is 4.67. The number of nitrogens with zero attached hydrogens (tertiary/aromatic N) is 1. The fraction of sp³-hybridized carbons (Fsp3) is 0.381. The number of methoxy groups -OCH3 is 1. The zero-order valence-electron chi connectivity index (χ0n) is 15.7. The van der Waals surface area contributed by atoms with Gasteiger partial charge in [0.25, 0.3) is 0 Å². The summed E-state index contributed by atoms with van der Waals surface area (Å²) in [6.45, 7) is 0.896. The number of hydrogen-bond acceptors (Lipinski definition) is 3. The number of ether oxygens (including phenoxy) is 1. The minimum Gasteiger partial charge on any atom is -0.496 e. The van der Waals surface area contributed by atoms with Gasteiger partial charge >= 0.3 is 12.1 Å². The number of benzene rings is 2. The van der Waals surface area contributed by atoms with Crippen LogP contribution >= 0.6 is 11.6 Å². The van der Waals surface area contributed by atoms with Crippen molar-refractivity contribution >= 4 is 17.6 Å². The maximum atomic E-state index is 13.4. The van der Waals surface area contributed by atoms with E-state index in [0.29, 0.717) is 37.2 Å². The minimum absolute atomic E-state index is 0.357. The molecule has 1 unspecified atom stereocenters. The number of carboxylic acids is 1. The Labute approximate surface area is 171 Å². The molecule has 29 heavy (non-hydrogen) atoms. The summed E-state index contributed by atoms with van der Waals surface area (Å²) >= 11 is 5.81. The minimum atomic E-state index is -4.57. The van der Waals surface area contributed by atoms with Crippen molar-refractivity contribution in [2.75, 3.05) is 20.2 Å². The number of aliphatic carboxylic acids is 1. The van der Waals surface area contributed by atoms with E-state index in [2.05, 4.69) is 0 Å². The molecule has 4 nitrogen and oxygen atoms in total. The lowest BCUT2D eigenvalue weighted by Gasteiger charge is -2.37. The first-order valence-corrected chi connectivity index (χ1v) is 9.56. The average molecular weight is 428 g/mol. The first kappa shape index (κ1) is 21.5. The van der Waals surface area contributed by atoms with E-state index < -0.39 is 29.7 Å². The number of carboxylic acid groups (broad SMARTS) is 1. The van der Waals surface area contributed by atoms with Crippen LogP contribution in [0.4, 0.5) is 13.2 Å². The molecule has 1 aliphatic rings. The van der Waals surface area contributed by atoms with Gasteiger partial charge in [-0.15, -0.1) is 0 Å². The number of carbonyl (C=O) groups is 1. The van der Waals surface area contributed by atoms with Crippen LogP contribution in [0.1, 0.15) is 35.6 Å². The van der Waals surface area contributed by atoms with Crippen molar-refractivity contribution in [1.29, 1.82) is 0 Å². The van der Waals surface area contributed by atoms with Crippen LogP contribution in [0.5, 0.6) is 5.75 Å². The molecule has 0 spiro atoms. The number of alkyl halides is 3. The molecule has 1 heterocycles. The molecule has 0 amide bonds. The highest BCUT2D eigenvalue weighted by molar-refractivity contribution is 6.31. The van der Waals surface area contributed by atoms with Crippen LogP contribution in [-0.2, 0) is 11.0 Å². The fourth-order valence-corrected chi connectivity index (χ4v) is 4.04. The molecule has 0 radical (unpaired) electrons. The van der Waals surface area contributed by atoms with Gasteiger partial charge < -0.3 is 9.84 Å². The van der Waals surface area contributed by atoms with E-state index >= 15 is 0 Å². The molecule has 1 saturated heterocycles. The molecule has 1 fully saturated rings. The predicted octanol–water partition coefficient (Wildman–Crippen LogP) is 5.25. The van der Waals surface area contributed by atoms with Gasteiger partial charge in [-0.05, 0) is 49.7 Å². The zero-order valence-corrected chi connectivity index (χ0v) is 16.5. The molecular weight excluding hydrogens is 407 g/mol. The highest BCUT2D eigenvalue weighted by Crippen LogP contribution is 2.41. The largest absolute Gasteiger partial charge is 0.496 e. The van der Waals surface area contributed by atoms with Gasteiger partial charge in [-0.3, -0.25) is 9.69 Å². The van der Waals surface area contributed by atoms with Gasteiger partial charge in [0.2, 0.25) is 0 Å². The average Bonchev–Trinajstić information content (AvgIpc) is 2.69. The SMILES string of the molecule is COc1ccccc1C(c1ccc(Cl)c(C(F)(F)F)c1)N1CCC(C(=O)O)CC1. The highest BCUT2D eigenvalue weighted by Gasteiger charge is 2.36. The van der Waals surface area contributed by atoms with Crippen molar-refractivity contribution in [2.24, 2.45) is 5.92 Å². The predicted molar refractivity (Wildman–Crippen MR) is 103 cm³/mol. The summed E-state index contributed by atoms with van der Waals surface area (Å²) in [4.78, 5) is 13.3. The number of hydrogen-bond donors (Lipinski definition) is 1. The molecule has 0 aliphatic carbocycles. The smallest absolute Gasteiger partial charge is 0.417 e. The third-order valence-electron chi connectivity index (χ3n) is 5.29. The molecule has 1 atom stereocenters. The summed E-state index contributed by atoms with van der Waals surface area (Å²) in [6.07, 6.45) is -3.71.